The summed E-state index contributed by atoms with van der Waals surface area (Å²) in [6, 6.07) is 14.5. The normalized spacial score (nSPS) is 15.9. The minimum atomic E-state index is 0.0969. The van der Waals surface area contributed by atoms with Gasteiger partial charge in [0.1, 0.15) is 0 Å². The molecule has 1 fully saturated rings. The maximum absolute atomic E-state index is 12.0. The molecular weight excluding hydrogens is 248 g/mol. The molecule has 2 aromatic carbocycles. The van der Waals surface area contributed by atoms with Crippen molar-refractivity contribution < 1.29 is 4.79 Å². The number of amides is 1. The average molecular weight is 266 g/mol. The van der Waals surface area contributed by atoms with Crippen LogP contribution < -0.4 is 5.32 Å². The molecule has 0 aliphatic carbocycles. The zero-order chi connectivity index (χ0) is 13.8. The SMILES string of the molecule is O=C(C=Cc1ccc2ccccc2c1)N1CCNCC1. The number of fused-ring (bicyclic) bond motifs is 1. The van der Waals surface area contributed by atoms with Gasteiger partial charge in [-0.3, -0.25) is 4.79 Å². The molecule has 1 aliphatic heterocycles. The number of benzene rings is 2. The first kappa shape index (κ1) is 12.9. The molecule has 0 aromatic heterocycles. The Labute approximate surface area is 118 Å². The Morgan fingerprint density at radius 3 is 2.60 bits per heavy atom. The maximum atomic E-state index is 12.0. The van der Waals surface area contributed by atoms with Crippen LogP contribution in [0.5, 0.6) is 0 Å². The first-order chi connectivity index (χ1) is 9.83. The minimum Gasteiger partial charge on any atom is -0.337 e. The van der Waals surface area contributed by atoms with Crippen LogP contribution in [0.1, 0.15) is 5.56 Å². The van der Waals surface area contributed by atoms with E-state index in [1.54, 1.807) is 6.08 Å². The number of hydrogen-bond acceptors (Lipinski definition) is 2. The lowest BCUT2D eigenvalue weighted by molar-refractivity contribution is -0.126. The molecule has 20 heavy (non-hydrogen) atoms. The van der Waals surface area contributed by atoms with Crippen molar-refractivity contribution in [3.63, 3.8) is 0 Å². The highest BCUT2D eigenvalue weighted by Gasteiger charge is 2.12. The predicted molar refractivity (Wildman–Crippen MR) is 82.4 cm³/mol. The van der Waals surface area contributed by atoms with Gasteiger partial charge in [-0.05, 0) is 28.5 Å². The number of carbonyl (C=O) groups excluding carboxylic acids is 1. The summed E-state index contributed by atoms with van der Waals surface area (Å²) in [6.07, 6.45) is 3.58. The minimum absolute atomic E-state index is 0.0969. The van der Waals surface area contributed by atoms with Gasteiger partial charge < -0.3 is 10.2 Å². The molecule has 1 N–H and O–H groups in total. The van der Waals surface area contributed by atoms with Gasteiger partial charge in [0, 0.05) is 32.3 Å². The first-order valence-electron chi connectivity index (χ1n) is 6.99. The topological polar surface area (TPSA) is 32.3 Å². The Bertz CT molecular complexity index is 642. The fourth-order valence-corrected chi connectivity index (χ4v) is 2.47. The molecule has 102 valence electrons. The van der Waals surface area contributed by atoms with Crippen molar-refractivity contribution in [2.24, 2.45) is 0 Å². The lowest BCUT2D eigenvalue weighted by Gasteiger charge is -2.26. The van der Waals surface area contributed by atoms with E-state index in [0.717, 1.165) is 31.7 Å². The van der Waals surface area contributed by atoms with E-state index in [4.69, 9.17) is 0 Å². The Hall–Kier alpha value is -2.13. The van der Waals surface area contributed by atoms with Crippen LogP contribution in [-0.2, 0) is 4.79 Å². The highest BCUT2D eigenvalue weighted by Crippen LogP contribution is 2.16. The lowest BCUT2D eigenvalue weighted by Crippen LogP contribution is -2.45. The van der Waals surface area contributed by atoms with E-state index in [1.807, 2.05) is 29.2 Å². The summed E-state index contributed by atoms with van der Waals surface area (Å²) in [5.74, 6) is 0.0969. The van der Waals surface area contributed by atoms with Crippen molar-refractivity contribution in [2.45, 2.75) is 0 Å². The number of rotatable bonds is 2. The van der Waals surface area contributed by atoms with Crippen LogP contribution in [-0.4, -0.2) is 37.0 Å². The van der Waals surface area contributed by atoms with Gasteiger partial charge in [0.05, 0.1) is 0 Å². The fourth-order valence-electron chi connectivity index (χ4n) is 2.47. The number of carbonyl (C=O) groups is 1. The molecule has 0 atom stereocenters. The van der Waals surface area contributed by atoms with Crippen LogP contribution in [0.25, 0.3) is 16.8 Å². The molecule has 1 aliphatic rings. The number of hydrogen-bond donors (Lipinski definition) is 1. The van der Waals surface area contributed by atoms with Gasteiger partial charge in [-0.1, -0.05) is 36.4 Å². The maximum Gasteiger partial charge on any atom is 0.246 e. The van der Waals surface area contributed by atoms with Crippen molar-refractivity contribution in [3.8, 4) is 0 Å². The zero-order valence-corrected chi connectivity index (χ0v) is 11.4. The fraction of sp³-hybridized carbons (Fsp3) is 0.235. The third kappa shape index (κ3) is 2.89. The van der Waals surface area contributed by atoms with Crippen LogP contribution in [0.15, 0.2) is 48.5 Å². The van der Waals surface area contributed by atoms with E-state index in [-0.39, 0.29) is 5.91 Å². The lowest BCUT2D eigenvalue weighted by atomic mass is 10.1. The average Bonchev–Trinajstić information content (AvgIpc) is 2.53. The largest absolute Gasteiger partial charge is 0.337 e. The van der Waals surface area contributed by atoms with E-state index in [2.05, 4.69) is 29.6 Å². The van der Waals surface area contributed by atoms with Crippen LogP contribution in [0.4, 0.5) is 0 Å². The molecule has 1 saturated heterocycles. The first-order valence-corrected chi connectivity index (χ1v) is 6.99. The van der Waals surface area contributed by atoms with Crippen molar-refractivity contribution >= 4 is 22.8 Å². The molecule has 2 aromatic rings. The summed E-state index contributed by atoms with van der Waals surface area (Å²) in [5, 5.41) is 5.66. The van der Waals surface area contributed by atoms with Gasteiger partial charge in [0.2, 0.25) is 5.91 Å². The van der Waals surface area contributed by atoms with Gasteiger partial charge in [-0.15, -0.1) is 0 Å². The summed E-state index contributed by atoms with van der Waals surface area (Å²) in [5.41, 5.74) is 1.06. The molecule has 0 saturated carbocycles. The highest BCUT2D eigenvalue weighted by molar-refractivity contribution is 5.93. The third-order valence-electron chi connectivity index (χ3n) is 3.62. The predicted octanol–water partition coefficient (Wildman–Crippen LogP) is 2.28. The second-order valence-electron chi connectivity index (χ2n) is 5.02. The number of nitrogens with one attached hydrogen (secondary N) is 1. The van der Waals surface area contributed by atoms with Crippen LogP contribution in [0, 0.1) is 0 Å². The summed E-state index contributed by atoms with van der Waals surface area (Å²) < 4.78 is 0. The van der Waals surface area contributed by atoms with E-state index in [0.29, 0.717) is 0 Å². The Morgan fingerprint density at radius 2 is 1.80 bits per heavy atom. The molecule has 3 heteroatoms. The third-order valence-corrected chi connectivity index (χ3v) is 3.62. The van der Waals surface area contributed by atoms with Gasteiger partial charge in [0.15, 0.2) is 0 Å². The van der Waals surface area contributed by atoms with Crippen molar-refractivity contribution in [2.75, 3.05) is 26.2 Å². The Morgan fingerprint density at radius 1 is 1.05 bits per heavy atom. The van der Waals surface area contributed by atoms with E-state index >= 15 is 0 Å². The van der Waals surface area contributed by atoms with Crippen molar-refractivity contribution in [3.05, 3.63) is 54.1 Å². The second-order valence-corrected chi connectivity index (χ2v) is 5.02. The smallest absolute Gasteiger partial charge is 0.246 e. The number of piperazine rings is 1. The summed E-state index contributed by atoms with van der Waals surface area (Å²) in [4.78, 5) is 13.9. The van der Waals surface area contributed by atoms with E-state index in [1.165, 1.54) is 10.8 Å². The molecule has 0 unspecified atom stereocenters. The van der Waals surface area contributed by atoms with Crippen LogP contribution in [0.3, 0.4) is 0 Å². The van der Waals surface area contributed by atoms with Crippen molar-refractivity contribution in [1.29, 1.82) is 0 Å². The standard InChI is InChI=1S/C17H18N2O/c20-17(19-11-9-18-10-12-19)8-6-14-5-7-15-3-1-2-4-16(15)13-14/h1-8,13,18H,9-12H2. The molecule has 0 bridgehead atoms. The number of nitrogens with zero attached hydrogens (tertiary/aromatic N) is 1. The van der Waals surface area contributed by atoms with Crippen molar-refractivity contribution in [1.82, 2.24) is 10.2 Å². The molecule has 0 radical (unpaired) electrons. The molecule has 1 heterocycles. The summed E-state index contributed by atoms with van der Waals surface area (Å²) in [7, 11) is 0. The van der Waals surface area contributed by atoms with Gasteiger partial charge in [0.25, 0.3) is 0 Å². The summed E-state index contributed by atoms with van der Waals surface area (Å²) in [6.45, 7) is 3.35. The molecule has 0 spiro atoms. The Balaban J connectivity index is 1.74. The quantitative estimate of drug-likeness (QED) is 0.846. The Kier molecular flexibility index (Phi) is 3.79. The summed E-state index contributed by atoms with van der Waals surface area (Å²) >= 11 is 0. The highest BCUT2D eigenvalue weighted by atomic mass is 16.2. The van der Waals surface area contributed by atoms with Crippen LogP contribution >= 0.6 is 0 Å². The van der Waals surface area contributed by atoms with E-state index in [9.17, 15) is 4.79 Å². The zero-order valence-electron chi connectivity index (χ0n) is 11.4. The molecule has 3 rings (SSSR count). The van der Waals surface area contributed by atoms with Crippen LogP contribution in [0.2, 0.25) is 0 Å². The monoisotopic (exact) mass is 266 g/mol. The van der Waals surface area contributed by atoms with E-state index < -0.39 is 0 Å². The molecular formula is C17H18N2O. The van der Waals surface area contributed by atoms with Gasteiger partial charge >= 0.3 is 0 Å². The second kappa shape index (κ2) is 5.88. The van der Waals surface area contributed by atoms with Gasteiger partial charge in [-0.25, -0.2) is 0 Å². The van der Waals surface area contributed by atoms with Gasteiger partial charge in [-0.2, -0.15) is 0 Å². The molecule has 3 nitrogen and oxygen atoms in total. The molecule has 1 amide bonds.